The lowest BCUT2D eigenvalue weighted by molar-refractivity contribution is 0.701. The van der Waals surface area contributed by atoms with Crippen LogP contribution in [0.5, 0.6) is 0 Å². The van der Waals surface area contributed by atoms with Gasteiger partial charge in [0, 0.05) is 25.3 Å². The number of hydrogen-bond acceptors (Lipinski definition) is 2. The number of likely N-dealkylation sites (N-methyl/N-ethyl adjacent to an activating group) is 1. The van der Waals surface area contributed by atoms with Crippen molar-refractivity contribution in [1.82, 2.24) is 0 Å². The van der Waals surface area contributed by atoms with Gasteiger partial charge < -0.3 is 10.6 Å². The van der Waals surface area contributed by atoms with Gasteiger partial charge in [0.05, 0.1) is 0 Å². The molecule has 2 heteroatoms. The smallest absolute Gasteiger partial charge is 0.0473 e. The minimum Gasteiger partial charge on any atom is -0.372 e. The molecule has 2 aromatic rings. The van der Waals surface area contributed by atoms with E-state index >= 15 is 0 Å². The first-order valence-electron chi connectivity index (χ1n) is 7.49. The van der Waals surface area contributed by atoms with Crippen molar-refractivity contribution in [2.75, 3.05) is 18.5 Å². The summed E-state index contributed by atoms with van der Waals surface area (Å²) >= 11 is 0. The Bertz CT molecular complexity index is 611. The fourth-order valence-corrected chi connectivity index (χ4v) is 2.96. The number of anilines is 1. The van der Waals surface area contributed by atoms with Gasteiger partial charge in [0.2, 0.25) is 0 Å². The van der Waals surface area contributed by atoms with Crippen molar-refractivity contribution >= 4 is 5.69 Å². The van der Waals surface area contributed by atoms with E-state index in [0.717, 1.165) is 6.54 Å². The molecule has 1 atom stereocenters. The highest BCUT2D eigenvalue weighted by Gasteiger charge is 2.12. The van der Waals surface area contributed by atoms with Gasteiger partial charge in [-0.2, -0.15) is 0 Å². The molecule has 2 N–H and O–H groups in total. The van der Waals surface area contributed by atoms with E-state index in [0.29, 0.717) is 0 Å². The minimum absolute atomic E-state index is 0.0225. The number of rotatable bonds is 4. The molecular formula is C19H26N2. The maximum atomic E-state index is 6.41. The van der Waals surface area contributed by atoms with Crippen LogP contribution in [0.1, 0.15) is 33.9 Å². The number of nitrogens with two attached hydrogens (primary N) is 1. The second-order valence-electron chi connectivity index (χ2n) is 6.20. The van der Waals surface area contributed by atoms with Crippen LogP contribution < -0.4 is 10.6 Å². The monoisotopic (exact) mass is 282 g/mol. The summed E-state index contributed by atoms with van der Waals surface area (Å²) in [6.45, 7) is 9.33. The summed E-state index contributed by atoms with van der Waals surface area (Å²) in [5, 5.41) is 0. The third-order valence-corrected chi connectivity index (χ3v) is 3.91. The van der Waals surface area contributed by atoms with Crippen molar-refractivity contribution in [2.45, 2.75) is 33.7 Å². The summed E-state index contributed by atoms with van der Waals surface area (Å²) in [6, 6.07) is 13.1. The Balaban J connectivity index is 2.16. The largest absolute Gasteiger partial charge is 0.372 e. The Morgan fingerprint density at radius 3 is 2.10 bits per heavy atom. The van der Waals surface area contributed by atoms with Crippen LogP contribution in [0.3, 0.4) is 0 Å². The molecule has 21 heavy (non-hydrogen) atoms. The third-order valence-electron chi connectivity index (χ3n) is 3.91. The lowest BCUT2D eigenvalue weighted by atomic mass is 10.0. The molecule has 0 aliphatic heterocycles. The Morgan fingerprint density at radius 2 is 1.52 bits per heavy atom. The van der Waals surface area contributed by atoms with E-state index in [2.05, 4.69) is 76.0 Å². The molecule has 2 aromatic carbocycles. The van der Waals surface area contributed by atoms with Gasteiger partial charge in [-0.05, 0) is 44.9 Å². The molecule has 0 aliphatic carbocycles. The molecule has 2 nitrogen and oxygen atoms in total. The summed E-state index contributed by atoms with van der Waals surface area (Å²) in [5.74, 6) is 0. The van der Waals surface area contributed by atoms with E-state index < -0.39 is 0 Å². The summed E-state index contributed by atoms with van der Waals surface area (Å²) in [6.07, 6.45) is 0. The van der Waals surface area contributed by atoms with E-state index in [-0.39, 0.29) is 6.04 Å². The molecule has 0 bridgehead atoms. The topological polar surface area (TPSA) is 29.3 Å². The van der Waals surface area contributed by atoms with Crippen LogP contribution in [-0.4, -0.2) is 13.6 Å². The molecule has 0 radical (unpaired) electrons. The Morgan fingerprint density at radius 1 is 0.905 bits per heavy atom. The highest BCUT2D eigenvalue weighted by atomic mass is 15.1. The quantitative estimate of drug-likeness (QED) is 0.916. The second kappa shape index (κ2) is 6.31. The minimum atomic E-state index is 0.0225. The van der Waals surface area contributed by atoms with Gasteiger partial charge in [0.15, 0.2) is 0 Å². The van der Waals surface area contributed by atoms with Gasteiger partial charge >= 0.3 is 0 Å². The van der Waals surface area contributed by atoms with E-state index in [4.69, 9.17) is 5.73 Å². The molecule has 0 spiro atoms. The van der Waals surface area contributed by atoms with Gasteiger partial charge in [0.1, 0.15) is 0 Å². The SMILES string of the molecule is Cc1cc(C)cc(C(N)CN(C)c2ccc(C)cc2C)c1. The zero-order valence-corrected chi connectivity index (χ0v) is 13.8. The lowest BCUT2D eigenvalue weighted by Gasteiger charge is -2.26. The van der Waals surface area contributed by atoms with Crippen molar-refractivity contribution in [3.63, 3.8) is 0 Å². The van der Waals surface area contributed by atoms with Crippen molar-refractivity contribution in [2.24, 2.45) is 5.73 Å². The maximum Gasteiger partial charge on any atom is 0.0473 e. The second-order valence-corrected chi connectivity index (χ2v) is 6.20. The highest BCUT2D eigenvalue weighted by Crippen LogP contribution is 2.23. The average molecular weight is 282 g/mol. The Hall–Kier alpha value is -1.80. The van der Waals surface area contributed by atoms with Gasteiger partial charge in [-0.15, -0.1) is 0 Å². The summed E-state index contributed by atoms with van der Waals surface area (Å²) in [4.78, 5) is 2.25. The number of benzene rings is 2. The van der Waals surface area contributed by atoms with Crippen molar-refractivity contribution < 1.29 is 0 Å². The van der Waals surface area contributed by atoms with Gasteiger partial charge in [-0.1, -0.05) is 47.0 Å². The molecule has 0 heterocycles. The fraction of sp³-hybridized carbons (Fsp3) is 0.368. The number of aryl methyl sites for hydroxylation is 4. The molecule has 0 amide bonds. The first kappa shape index (κ1) is 15.6. The average Bonchev–Trinajstić information content (AvgIpc) is 2.37. The molecular weight excluding hydrogens is 256 g/mol. The number of hydrogen-bond donors (Lipinski definition) is 1. The molecule has 0 aliphatic rings. The predicted octanol–water partition coefficient (Wildman–Crippen LogP) is 4.06. The normalized spacial score (nSPS) is 12.3. The zero-order chi connectivity index (χ0) is 15.6. The van der Waals surface area contributed by atoms with Crippen molar-refractivity contribution in [1.29, 1.82) is 0 Å². The molecule has 0 fully saturated rings. The van der Waals surface area contributed by atoms with Crippen molar-refractivity contribution in [3.05, 3.63) is 64.2 Å². The summed E-state index contributed by atoms with van der Waals surface area (Å²) in [7, 11) is 2.11. The van der Waals surface area contributed by atoms with Crippen LogP contribution in [0.25, 0.3) is 0 Å². The maximum absolute atomic E-state index is 6.41. The Labute approximate surface area is 128 Å². The van der Waals surface area contributed by atoms with Gasteiger partial charge in [-0.3, -0.25) is 0 Å². The fourth-order valence-electron chi connectivity index (χ4n) is 2.96. The molecule has 112 valence electrons. The first-order valence-corrected chi connectivity index (χ1v) is 7.49. The van der Waals surface area contributed by atoms with Crippen LogP contribution >= 0.6 is 0 Å². The standard InChI is InChI=1S/C19H26N2/c1-13-6-7-19(16(4)9-13)21(5)12-18(20)17-10-14(2)8-15(3)11-17/h6-11,18H,12,20H2,1-5H3. The van der Waals surface area contributed by atoms with E-state index in [9.17, 15) is 0 Å². The van der Waals surface area contributed by atoms with E-state index in [1.54, 1.807) is 0 Å². The van der Waals surface area contributed by atoms with Crippen LogP contribution in [0.2, 0.25) is 0 Å². The molecule has 0 saturated carbocycles. The van der Waals surface area contributed by atoms with Crippen molar-refractivity contribution in [3.8, 4) is 0 Å². The first-order chi connectivity index (χ1) is 9.86. The van der Waals surface area contributed by atoms with Crippen LogP contribution in [-0.2, 0) is 0 Å². The summed E-state index contributed by atoms with van der Waals surface area (Å²) < 4.78 is 0. The van der Waals surface area contributed by atoms with Crippen LogP contribution in [0, 0.1) is 27.7 Å². The molecule has 1 unspecified atom stereocenters. The Kier molecular flexibility index (Phi) is 4.69. The molecule has 0 aromatic heterocycles. The van der Waals surface area contributed by atoms with Crippen LogP contribution in [0.15, 0.2) is 36.4 Å². The third kappa shape index (κ3) is 3.85. The zero-order valence-electron chi connectivity index (χ0n) is 13.8. The molecule has 0 saturated heterocycles. The highest BCUT2D eigenvalue weighted by molar-refractivity contribution is 5.54. The number of nitrogens with zero attached hydrogens (tertiary/aromatic N) is 1. The van der Waals surface area contributed by atoms with Gasteiger partial charge in [-0.25, -0.2) is 0 Å². The lowest BCUT2D eigenvalue weighted by Crippen LogP contribution is -2.29. The van der Waals surface area contributed by atoms with Crippen LogP contribution in [0.4, 0.5) is 5.69 Å². The van der Waals surface area contributed by atoms with Gasteiger partial charge in [0.25, 0.3) is 0 Å². The summed E-state index contributed by atoms with van der Waals surface area (Å²) in [5.41, 5.74) is 14.0. The predicted molar refractivity (Wildman–Crippen MR) is 92.0 cm³/mol. The molecule has 2 rings (SSSR count). The van der Waals surface area contributed by atoms with E-state index in [1.165, 1.54) is 33.5 Å². The van der Waals surface area contributed by atoms with E-state index in [1.807, 2.05) is 0 Å².